The average Bonchev–Trinajstić information content (AvgIpc) is 2.76. The van der Waals surface area contributed by atoms with E-state index in [0.717, 1.165) is 11.6 Å². The summed E-state index contributed by atoms with van der Waals surface area (Å²) >= 11 is 0. The second-order valence-electron chi connectivity index (χ2n) is 5.06. The summed E-state index contributed by atoms with van der Waals surface area (Å²) in [7, 11) is 0. The molecule has 0 atom stereocenters. The van der Waals surface area contributed by atoms with E-state index >= 15 is 0 Å². The first-order chi connectivity index (χ1) is 10.9. The van der Waals surface area contributed by atoms with Crippen LogP contribution in [0.25, 0.3) is 0 Å². The number of halogens is 3. The Balaban J connectivity index is 1.77. The number of anilines is 1. The molecule has 8 heteroatoms. The lowest BCUT2D eigenvalue weighted by atomic mass is 10.1. The van der Waals surface area contributed by atoms with Gasteiger partial charge in [-0.3, -0.25) is 4.79 Å². The van der Waals surface area contributed by atoms with Crippen molar-refractivity contribution in [2.45, 2.75) is 12.9 Å². The monoisotopic (exact) mass is 319 g/mol. The maximum Gasteiger partial charge on any atom is 0.573 e. The van der Waals surface area contributed by atoms with Crippen molar-refractivity contribution in [3.05, 3.63) is 47.7 Å². The van der Waals surface area contributed by atoms with E-state index in [1.807, 2.05) is 6.07 Å². The molecule has 116 valence electrons. The van der Waals surface area contributed by atoms with Crippen molar-refractivity contribution in [2.75, 3.05) is 4.90 Å². The molecular weight excluding hydrogens is 311 g/mol. The molecule has 2 aliphatic heterocycles. The van der Waals surface area contributed by atoms with E-state index in [2.05, 4.69) is 14.7 Å². The third kappa shape index (κ3) is 2.23. The number of Topliss-reactive ketones (excluding diaryl/α,β-unsaturated/α-hetero) is 1. The van der Waals surface area contributed by atoms with Gasteiger partial charge in [-0.05, 0) is 24.3 Å². The van der Waals surface area contributed by atoms with Crippen LogP contribution in [0.3, 0.4) is 0 Å². The fourth-order valence-corrected chi connectivity index (χ4v) is 2.68. The molecule has 0 unspecified atom stereocenters. The molecule has 0 fully saturated rings. The van der Waals surface area contributed by atoms with Crippen LogP contribution >= 0.6 is 0 Å². The lowest BCUT2D eigenvalue weighted by molar-refractivity contribution is -0.274. The van der Waals surface area contributed by atoms with Crippen molar-refractivity contribution < 1.29 is 22.7 Å². The number of fused-ring (bicyclic) bond motifs is 4. The van der Waals surface area contributed by atoms with Gasteiger partial charge in [0.2, 0.25) is 5.78 Å². The van der Waals surface area contributed by atoms with Crippen LogP contribution in [0.4, 0.5) is 24.7 Å². The minimum Gasteiger partial charge on any atom is -0.406 e. The zero-order valence-corrected chi connectivity index (χ0v) is 11.5. The molecule has 0 bridgehead atoms. The quantitative estimate of drug-likeness (QED) is 0.810. The molecule has 0 N–H and O–H groups in total. The van der Waals surface area contributed by atoms with Crippen molar-refractivity contribution in [3.8, 4) is 5.75 Å². The fraction of sp³-hybridized carbons (Fsp3) is 0.133. The van der Waals surface area contributed by atoms with Gasteiger partial charge in [0, 0.05) is 11.8 Å². The molecule has 0 amide bonds. The van der Waals surface area contributed by atoms with Gasteiger partial charge in [0.15, 0.2) is 11.7 Å². The number of rotatable bonds is 1. The normalized spacial score (nSPS) is 15.7. The highest BCUT2D eigenvalue weighted by Gasteiger charge is 2.38. The first-order valence-electron chi connectivity index (χ1n) is 6.67. The van der Waals surface area contributed by atoms with Gasteiger partial charge >= 0.3 is 6.36 Å². The van der Waals surface area contributed by atoms with E-state index in [9.17, 15) is 18.0 Å². The summed E-state index contributed by atoms with van der Waals surface area (Å²) in [5, 5.41) is 0. The molecule has 1 aromatic heterocycles. The van der Waals surface area contributed by atoms with Crippen LogP contribution in [-0.4, -0.2) is 23.0 Å². The number of amidine groups is 1. The number of nitrogens with zero attached hydrogens (tertiary/aromatic N) is 3. The highest BCUT2D eigenvalue weighted by atomic mass is 19.4. The summed E-state index contributed by atoms with van der Waals surface area (Å²) in [4.78, 5) is 22.4. The van der Waals surface area contributed by atoms with Crippen LogP contribution in [0.15, 0.2) is 41.5 Å². The Morgan fingerprint density at radius 3 is 2.83 bits per heavy atom. The maximum absolute atomic E-state index is 12.4. The van der Waals surface area contributed by atoms with E-state index < -0.39 is 17.9 Å². The van der Waals surface area contributed by atoms with E-state index in [-0.39, 0.29) is 11.4 Å². The Morgan fingerprint density at radius 2 is 2.04 bits per heavy atom. The van der Waals surface area contributed by atoms with Crippen LogP contribution in [0, 0.1) is 0 Å². The van der Waals surface area contributed by atoms with Crippen molar-refractivity contribution in [2.24, 2.45) is 4.99 Å². The molecule has 3 heterocycles. The number of aliphatic imine (C=N–C) groups is 1. The zero-order chi connectivity index (χ0) is 16.2. The summed E-state index contributed by atoms with van der Waals surface area (Å²) in [5.74, 6) is -0.258. The number of hydrogen-bond donors (Lipinski definition) is 0. The van der Waals surface area contributed by atoms with Gasteiger partial charge in [0.1, 0.15) is 5.75 Å². The van der Waals surface area contributed by atoms with E-state index in [4.69, 9.17) is 0 Å². The highest BCUT2D eigenvalue weighted by molar-refractivity contribution is 6.54. The smallest absolute Gasteiger partial charge is 0.406 e. The van der Waals surface area contributed by atoms with Gasteiger partial charge in [-0.15, -0.1) is 13.2 Å². The summed E-state index contributed by atoms with van der Waals surface area (Å²) in [6.07, 6.45) is -3.24. The SMILES string of the molecule is O=C1C2=Nc3ncccc3CN2c2ccc(OC(F)(F)F)cc21. The Labute approximate surface area is 128 Å². The Bertz CT molecular complexity index is 861. The fourth-order valence-electron chi connectivity index (χ4n) is 2.68. The number of carbonyl (C=O) groups is 1. The molecule has 2 aromatic rings. The summed E-state index contributed by atoms with van der Waals surface area (Å²) in [5.41, 5.74) is 1.49. The summed E-state index contributed by atoms with van der Waals surface area (Å²) < 4.78 is 40.8. The molecule has 0 aliphatic carbocycles. The van der Waals surface area contributed by atoms with Gasteiger partial charge in [-0.2, -0.15) is 0 Å². The Hall–Kier alpha value is -2.90. The minimum atomic E-state index is -4.80. The zero-order valence-electron chi connectivity index (χ0n) is 11.5. The highest BCUT2D eigenvalue weighted by Crippen LogP contribution is 2.38. The van der Waals surface area contributed by atoms with Gasteiger partial charge in [-0.25, -0.2) is 9.98 Å². The molecule has 1 aromatic carbocycles. The molecule has 4 rings (SSSR count). The van der Waals surface area contributed by atoms with Crippen LogP contribution in [0.1, 0.15) is 15.9 Å². The number of ketones is 1. The number of aromatic nitrogens is 1. The van der Waals surface area contributed by atoms with Crippen LogP contribution in [-0.2, 0) is 6.54 Å². The Morgan fingerprint density at radius 1 is 1.22 bits per heavy atom. The van der Waals surface area contributed by atoms with E-state index in [1.54, 1.807) is 17.2 Å². The van der Waals surface area contributed by atoms with Crippen LogP contribution in [0.5, 0.6) is 5.75 Å². The third-order valence-corrected chi connectivity index (χ3v) is 3.60. The predicted octanol–water partition coefficient (Wildman–Crippen LogP) is 3.23. The predicted molar refractivity (Wildman–Crippen MR) is 75.0 cm³/mol. The van der Waals surface area contributed by atoms with Crippen molar-refractivity contribution in [3.63, 3.8) is 0 Å². The first kappa shape index (κ1) is 13.7. The second kappa shape index (κ2) is 4.55. The van der Waals surface area contributed by atoms with E-state index in [0.29, 0.717) is 18.1 Å². The lowest BCUT2D eigenvalue weighted by Gasteiger charge is -2.23. The summed E-state index contributed by atoms with van der Waals surface area (Å²) in [6, 6.07) is 7.30. The number of pyridine rings is 1. The van der Waals surface area contributed by atoms with Crippen molar-refractivity contribution in [1.29, 1.82) is 0 Å². The maximum atomic E-state index is 12.4. The Kier molecular flexibility index (Phi) is 2.72. The molecule has 0 spiro atoms. The van der Waals surface area contributed by atoms with Crippen molar-refractivity contribution in [1.82, 2.24) is 4.98 Å². The second-order valence-corrected chi connectivity index (χ2v) is 5.06. The minimum absolute atomic E-state index is 0.137. The standard InChI is InChI=1S/C15H8F3N3O2/c16-15(17,18)23-9-3-4-11-10(6-9)12(22)14-20-13-8(7-21(11)14)2-1-5-19-13/h1-6H,7H2. The van der Waals surface area contributed by atoms with Crippen LogP contribution in [0.2, 0.25) is 0 Å². The van der Waals surface area contributed by atoms with Gasteiger partial charge in [0.05, 0.1) is 17.8 Å². The van der Waals surface area contributed by atoms with E-state index in [1.165, 1.54) is 12.1 Å². The van der Waals surface area contributed by atoms with Gasteiger partial charge in [0.25, 0.3) is 0 Å². The first-order valence-corrected chi connectivity index (χ1v) is 6.67. The van der Waals surface area contributed by atoms with Gasteiger partial charge < -0.3 is 9.64 Å². The molecule has 2 aliphatic rings. The molecule has 0 radical (unpaired) electrons. The number of ether oxygens (including phenoxy) is 1. The number of carbonyl (C=O) groups excluding carboxylic acids is 1. The lowest BCUT2D eigenvalue weighted by Crippen LogP contribution is -2.32. The number of alkyl halides is 3. The average molecular weight is 319 g/mol. The van der Waals surface area contributed by atoms with Gasteiger partial charge in [-0.1, -0.05) is 6.07 Å². The topological polar surface area (TPSA) is 54.8 Å². The molecule has 0 saturated carbocycles. The third-order valence-electron chi connectivity index (χ3n) is 3.60. The number of hydrogen-bond acceptors (Lipinski definition) is 5. The molecule has 23 heavy (non-hydrogen) atoms. The molecular formula is C15H8F3N3O2. The molecule has 0 saturated heterocycles. The summed E-state index contributed by atoms with van der Waals surface area (Å²) in [6.45, 7) is 0.389. The number of benzene rings is 1. The largest absolute Gasteiger partial charge is 0.573 e. The molecule has 5 nitrogen and oxygen atoms in total. The van der Waals surface area contributed by atoms with Crippen LogP contribution < -0.4 is 9.64 Å². The van der Waals surface area contributed by atoms with Crippen molar-refractivity contribution >= 4 is 23.1 Å².